The van der Waals surface area contributed by atoms with Crippen molar-refractivity contribution in [1.29, 1.82) is 0 Å². The van der Waals surface area contributed by atoms with Gasteiger partial charge in [0.05, 0.1) is 12.5 Å². The molecule has 128 valence electrons. The first-order valence-electron chi connectivity index (χ1n) is 8.45. The van der Waals surface area contributed by atoms with Crippen molar-refractivity contribution >= 4 is 47.4 Å². The van der Waals surface area contributed by atoms with Crippen molar-refractivity contribution < 1.29 is 4.52 Å². The second kappa shape index (κ2) is 7.33. The number of benzene rings is 2. The zero-order chi connectivity index (χ0) is 17.3. The molecule has 0 saturated heterocycles. The largest absolute Gasteiger partial charge is 0.342 e. The smallest absolute Gasteiger partial charge is 0.0841 e. The molecule has 1 fully saturated rings. The molecule has 3 rings (SSSR count). The molecule has 0 radical (unpaired) electrons. The first-order valence-corrected chi connectivity index (χ1v) is 11.5. The summed E-state index contributed by atoms with van der Waals surface area (Å²) in [4.78, 5) is 0. The second-order valence-electron chi connectivity index (χ2n) is 7.10. The first-order chi connectivity index (χ1) is 11.4. The Hall–Kier alpha value is -0.600. The minimum absolute atomic E-state index is 0.205. The molecule has 1 saturated carbocycles. The second-order valence-corrected chi connectivity index (χ2v) is 10.2. The van der Waals surface area contributed by atoms with Gasteiger partial charge in [-0.05, 0) is 55.9 Å². The Bertz CT molecular complexity index is 788. The Labute approximate surface area is 156 Å². The van der Waals surface area contributed by atoms with Crippen LogP contribution in [0.15, 0.2) is 54.6 Å². The normalized spacial score (nSPS) is 28.6. The van der Waals surface area contributed by atoms with Crippen molar-refractivity contribution in [2.75, 3.05) is 0 Å². The molecule has 1 aliphatic rings. The van der Waals surface area contributed by atoms with Crippen LogP contribution in [0.1, 0.15) is 33.1 Å². The van der Waals surface area contributed by atoms with Gasteiger partial charge in [-0.1, -0.05) is 60.4 Å². The van der Waals surface area contributed by atoms with Crippen LogP contribution < -0.4 is 5.30 Å². The molecule has 1 nitrogen and oxygen atoms in total. The molecule has 1 aliphatic carbocycles. The fourth-order valence-electron chi connectivity index (χ4n) is 3.42. The number of thiol groups is 1. The van der Waals surface area contributed by atoms with E-state index in [1.165, 1.54) is 16.3 Å². The summed E-state index contributed by atoms with van der Waals surface area (Å²) in [6.45, 7) is 6.93. The highest BCUT2D eigenvalue weighted by molar-refractivity contribution is 8.06. The van der Waals surface area contributed by atoms with Gasteiger partial charge in [-0.3, -0.25) is 0 Å². The van der Waals surface area contributed by atoms with Gasteiger partial charge in [0.1, 0.15) is 0 Å². The van der Waals surface area contributed by atoms with Crippen molar-refractivity contribution in [3.8, 4) is 0 Å². The van der Waals surface area contributed by atoms with E-state index in [1.807, 2.05) is 0 Å². The van der Waals surface area contributed by atoms with Gasteiger partial charge in [-0.2, -0.15) is 12.6 Å². The van der Waals surface area contributed by atoms with E-state index < -0.39 is 6.92 Å². The summed E-state index contributed by atoms with van der Waals surface area (Å²) in [5.41, 5.74) is 1.02. The lowest BCUT2D eigenvalue weighted by Crippen LogP contribution is -2.43. The van der Waals surface area contributed by atoms with Gasteiger partial charge in [-0.15, -0.1) is 0 Å². The highest BCUT2D eigenvalue weighted by atomic mass is 32.4. The predicted molar refractivity (Wildman–Crippen MR) is 114 cm³/mol. The highest BCUT2D eigenvalue weighted by Gasteiger charge is 2.40. The molecule has 2 aromatic carbocycles. The SMILES string of the molecule is C=C(C)[C@@H]1CC[C@](C)(O[PH](=S)c2ccc3ccccc3c2)[C@@H](S)C1. The number of allylic oxidation sites excluding steroid dienone is 1. The lowest BCUT2D eigenvalue weighted by Gasteiger charge is -2.42. The van der Waals surface area contributed by atoms with Crippen molar-refractivity contribution in [3.63, 3.8) is 0 Å². The lowest BCUT2D eigenvalue weighted by atomic mass is 9.77. The van der Waals surface area contributed by atoms with Crippen LogP contribution in [-0.4, -0.2) is 10.9 Å². The number of hydrogen-bond acceptors (Lipinski definition) is 3. The van der Waals surface area contributed by atoms with E-state index in [2.05, 4.69) is 62.9 Å². The quantitative estimate of drug-likeness (QED) is 0.428. The number of fused-ring (bicyclic) bond motifs is 1. The maximum atomic E-state index is 6.46. The average Bonchev–Trinajstić information content (AvgIpc) is 2.56. The van der Waals surface area contributed by atoms with Crippen LogP contribution in [0.2, 0.25) is 0 Å². The van der Waals surface area contributed by atoms with Crippen molar-refractivity contribution in [2.24, 2.45) is 5.92 Å². The minimum atomic E-state index is -1.47. The molecule has 1 unspecified atom stereocenters. The Morgan fingerprint density at radius 1 is 1.29 bits per heavy atom. The third-order valence-corrected chi connectivity index (χ3v) is 8.36. The highest BCUT2D eigenvalue weighted by Crippen LogP contribution is 2.45. The Morgan fingerprint density at radius 3 is 2.67 bits per heavy atom. The molecular formula is C20H25OPS2. The van der Waals surface area contributed by atoms with E-state index >= 15 is 0 Å². The van der Waals surface area contributed by atoms with Crippen LogP contribution in [0.4, 0.5) is 0 Å². The van der Waals surface area contributed by atoms with Gasteiger partial charge in [0.15, 0.2) is 0 Å². The van der Waals surface area contributed by atoms with Gasteiger partial charge >= 0.3 is 0 Å². The summed E-state index contributed by atoms with van der Waals surface area (Å²) in [7, 11) is 0. The van der Waals surface area contributed by atoms with Crippen molar-refractivity contribution in [3.05, 3.63) is 54.6 Å². The molecule has 4 heteroatoms. The van der Waals surface area contributed by atoms with Crippen molar-refractivity contribution in [2.45, 2.75) is 44.0 Å². The third kappa shape index (κ3) is 3.80. The van der Waals surface area contributed by atoms with Gasteiger partial charge in [0.25, 0.3) is 0 Å². The zero-order valence-corrected chi connectivity index (χ0v) is 17.0. The maximum Gasteiger partial charge on any atom is 0.0841 e. The molecule has 0 amide bonds. The summed E-state index contributed by atoms with van der Waals surface area (Å²) in [6, 6.07) is 14.8. The predicted octanol–water partition coefficient (Wildman–Crippen LogP) is 5.51. The van der Waals surface area contributed by atoms with Gasteiger partial charge in [0.2, 0.25) is 0 Å². The molecule has 0 bridgehead atoms. The first kappa shape index (κ1) is 18.2. The van der Waals surface area contributed by atoms with E-state index in [9.17, 15) is 0 Å². The molecular weight excluding hydrogens is 351 g/mol. The Kier molecular flexibility index (Phi) is 5.56. The standard InChI is InChI=1S/C20H25OPS2/c1-14(2)16-10-11-20(3,19(23)13-16)21-22(24)18-9-8-15-6-4-5-7-17(15)12-18/h4-9,12,16,19,22-23H,1,10-11,13H2,2-3H3/t16-,19+,20+/m1/s1. The van der Waals surface area contributed by atoms with Crippen LogP contribution >= 0.6 is 19.6 Å². The third-order valence-electron chi connectivity index (χ3n) is 5.21. The monoisotopic (exact) mass is 376 g/mol. The molecule has 4 atom stereocenters. The van der Waals surface area contributed by atoms with Gasteiger partial charge in [-0.25, -0.2) is 0 Å². The van der Waals surface area contributed by atoms with E-state index in [0.717, 1.165) is 24.6 Å². The van der Waals surface area contributed by atoms with Gasteiger partial charge in [0, 0.05) is 10.6 Å². The summed E-state index contributed by atoms with van der Waals surface area (Å²) in [5.74, 6) is 0.561. The van der Waals surface area contributed by atoms with E-state index in [1.54, 1.807) is 0 Å². The Balaban J connectivity index is 1.76. The Morgan fingerprint density at radius 2 is 2.00 bits per heavy atom. The van der Waals surface area contributed by atoms with Gasteiger partial charge < -0.3 is 4.52 Å². The van der Waals surface area contributed by atoms with Crippen LogP contribution in [0.5, 0.6) is 0 Å². The molecule has 0 spiro atoms. The summed E-state index contributed by atoms with van der Waals surface area (Å²) in [5, 5.41) is 3.82. The molecule has 0 aliphatic heterocycles. The van der Waals surface area contributed by atoms with Crippen LogP contribution in [0.25, 0.3) is 10.8 Å². The minimum Gasteiger partial charge on any atom is -0.342 e. The summed E-state index contributed by atoms with van der Waals surface area (Å²) < 4.78 is 6.46. The molecule has 0 heterocycles. The molecule has 24 heavy (non-hydrogen) atoms. The fraction of sp³-hybridized carbons (Fsp3) is 0.400. The fourth-order valence-corrected chi connectivity index (χ4v) is 6.18. The number of rotatable bonds is 4. The lowest BCUT2D eigenvalue weighted by molar-refractivity contribution is 0.0627. The van der Waals surface area contributed by atoms with Crippen LogP contribution in [0.3, 0.4) is 0 Å². The number of hydrogen-bond donors (Lipinski definition) is 1. The topological polar surface area (TPSA) is 9.23 Å². The van der Waals surface area contributed by atoms with E-state index in [-0.39, 0.29) is 10.9 Å². The summed E-state index contributed by atoms with van der Waals surface area (Å²) in [6.07, 6.45) is 3.14. The molecule has 2 aromatic rings. The zero-order valence-electron chi connectivity index (χ0n) is 14.3. The van der Waals surface area contributed by atoms with E-state index in [0.29, 0.717) is 5.92 Å². The maximum absolute atomic E-state index is 6.46. The van der Waals surface area contributed by atoms with Crippen molar-refractivity contribution in [1.82, 2.24) is 0 Å². The average molecular weight is 377 g/mol. The molecule has 0 N–H and O–H groups in total. The van der Waals surface area contributed by atoms with Crippen LogP contribution in [0, 0.1) is 5.92 Å². The van der Waals surface area contributed by atoms with E-state index in [4.69, 9.17) is 29.0 Å². The molecule has 0 aromatic heterocycles. The van der Waals surface area contributed by atoms with Crippen LogP contribution in [-0.2, 0) is 16.3 Å². The summed E-state index contributed by atoms with van der Waals surface area (Å²) >= 11 is 10.6.